The van der Waals surface area contributed by atoms with Crippen molar-refractivity contribution >= 4 is 27.9 Å². The summed E-state index contributed by atoms with van der Waals surface area (Å²) in [7, 11) is 0. The van der Waals surface area contributed by atoms with Gasteiger partial charge in [-0.2, -0.15) is 0 Å². The molecule has 3 aromatic rings. The number of nitrogens with zero attached hydrogens (tertiary/aromatic N) is 3. The smallest absolute Gasteiger partial charge is 0.196 e. The molecule has 4 rings (SSSR count). The fourth-order valence-electron chi connectivity index (χ4n) is 3.24. The molecule has 5 nitrogen and oxygen atoms in total. The van der Waals surface area contributed by atoms with Gasteiger partial charge in [-0.25, -0.2) is 9.97 Å². The minimum absolute atomic E-state index is 0.271. The Morgan fingerprint density at radius 3 is 3.14 bits per heavy atom. The van der Waals surface area contributed by atoms with E-state index in [1.807, 2.05) is 31.2 Å². The molecule has 3 heterocycles. The third-order valence-electron chi connectivity index (χ3n) is 4.22. The van der Waals surface area contributed by atoms with Gasteiger partial charge in [-0.15, -0.1) is 0 Å². The standard InChI is InChI=1S/C17H19N3O2/c1-2-21-12-6-5-9-20(10-12)17-16-15(18-11-19-17)13-7-3-4-8-14(13)22-16/h3-4,7-8,11-12H,2,5-6,9-10H2,1H3. The summed E-state index contributed by atoms with van der Waals surface area (Å²) >= 11 is 0. The minimum Gasteiger partial charge on any atom is -0.450 e. The molecule has 114 valence electrons. The summed E-state index contributed by atoms with van der Waals surface area (Å²) in [6.07, 6.45) is 4.12. The van der Waals surface area contributed by atoms with Crippen LogP contribution in [0.1, 0.15) is 19.8 Å². The van der Waals surface area contributed by atoms with Gasteiger partial charge in [0.25, 0.3) is 0 Å². The summed E-state index contributed by atoms with van der Waals surface area (Å²) in [4.78, 5) is 11.2. The molecule has 2 aromatic heterocycles. The molecule has 0 spiro atoms. The summed E-state index contributed by atoms with van der Waals surface area (Å²) in [5.74, 6) is 0.880. The number of fused-ring (bicyclic) bond motifs is 3. The molecule has 1 aromatic carbocycles. The second kappa shape index (κ2) is 5.57. The molecule has 1 fully saturated rings. The molecule has 1 aliphatic rings. The van der Waals surface area contributed by atoms with Gasteiger partial charge >= 0.3 is 0 Å². The minimum atomic E-state index is 0.271. The molecular formula is C17H19N3O2. The van der Waals surface area contributed by atoms with Crippen molar-refractivity contribution in [3.63, 3.8) is 0 Å². The average Bonchev–Trinajstić information content (AvgIpc) is 2.94. The Hall–Kier alpha value is -2.14. The van der Waals surface area contributed by atoms with Crippen LogP contribution in [0, 0.1) is 0 Å². The molecule has 0 bridgehead atoms. The van der Waals surface area contributed by atoms with Crippen molar-refractivity contribution in [1.82, 2.24) is 9.97 Å². The van der Waals surface area contributed by atoms with Crippen LogP contribution in [0.4, 0.5) is 5.82 Å². The van der Waals surface area contributed by atoms with Gasteiger partial charge in [-0.05, 0) is 31.9 Å². The normalized spacial score (nSPS) is 19.1. The van der Waals surface area contributed by atoms with E-state index >= 15 is 0 Å². The van der Waals surface area contributed by atoms with Crippen molar-refractivity contribution < 1.29 is 9.15 Å². The highest BCUT2D eigenvalue weighted by molar-refractivity contribution is 6.05. The fraction of sp³-hybridized carbons (Fsp3) is 0.412. The van der Waals surface area contributed by atoms with Crippen LogP contribution in [-0.2, 0) is 4.74 Å². The zero-order valence-corrected chi connectivity index (χ0v) is 12.7. The van der Waals surface area contributed by atoms with Gasteiger partial charge in [-0.1, -0.05) is 12.1 Å². The molecular weight excluding hydrogens is 278 g/mol. The summed E-state index contributed by atoms with van der Waals surface area (Å²) in [5, 5.41) is 1.04. The Labute approximate surface area is 128 Å². The summed E-state index contributed by atoms with van der Waals surface area (Å²) in [6.45, 7) is 4.63. The van der Waals surface area contributed by atoms with Crippen molar-refractivity contribution in [1.29, 1.82) is 0 Å². The maximum absolute atomic E-state index is 6.02. The van der Waals surface area contributed by atoms with Crippen LogP contribution in [0.15, 0.2) is 35.0 Å². The van der Waals surface area contributed by atoms with E-state index in [4.69, 9.17) is 9.15 Å². The number of para-hydroxylation sites is 1. The van der Waals surface area contributed by atoms with Crippen molar-refractivity contribution in [2.75, 3.05) is 24.6 Å². The Balaban J connectivity index is 1.78. The Bertz CT molecular complexity index is 797. The lowest BCUT2D eigenvalue weighted by atomic mass is 10.1. The van der Waals surface area contributed by atoms with Gasteiger partial charge in [0.15, 0.2) is 11.4 Å². The Kier molecular flexibility index (Phi) is 3.42. The number of benzene rings is 1. The molecule has 22 heavy (non-hydrogen) atoms. The van der Waals surface area contributed by atoms with Crippen molar-refractivity contribution in [2.45, 2.75) is 25.9 Å². The lowest BCUT2D eigenvalue weighted by Crippen LogP contribution is -2.40. The number of hydrogen-bond donors (Lipinski definition) is 0. The fourth-order valence-corrected chi connectivity index (χ4v) is 3.24. The van der Waals surface area contributed by atoms with E-state index < -0.39 is 0 Å². The average molecular weight is 297 g/mol. The van der Waals surface area contributed by atoms with Crippen molar-refractivity contribution in [2.24, 2.45) is 0 Å². The summed E-state index contributed by atoms with van der Waals surface area (Å²) < 4.78 is 11.8. The Morgan fingerprint density at radius 1 is 1.32 bits per heavy atom. The SMILES string of the molecule is CCOC1CCCN(c2ncnc3c2oc2ccccc23)C1. The van der Waals surface area contributed by atoms with E-state index in [-0.39, 0.29) is 6.10 Å². The van der Waals surface area contributed by atoms with Gasteiger partial charge in [0.2, 0.25) is 0 Å². The molecule has 0 N–H and O–H groups in total. The van der Waals surface area contributed by atoms with Gasteiger partial charge in [0.05, 0.1) is 6.10 Å². The van der Waals surface area contributed by atoms with E-state index in [1.54, 1.807) is 6.33 Å². The van der Waals surface area contributed by atoms with Crippen LogP contribution in [-0.4, -0.2) is 35.8 Å². The van der Waals surface area contributed by atoms with Crippen LogP contribution in [0.3, 0.4) is 0 Å². The predicted octanol–water partition coefficient (Wildman–Crippen LogP) is 3.38. The monoisotopic (exact) mass is 297 g/mol. The predicted molar refractivity (Wildman–Crippen MR) is 86.2 cm³/mol. The third kappa shape index (κ3) is 2.22. The molecule has 1 aliphatic heterocycles. The lowest BCUT2D eigenvalue weighted by Gasteiger charge is -2.33. The van der Waals surface area contributed by atoms with Crippen LogP contribution in [0.25, 0.3) is 22.1 Å². The van der Waals surface area contributed by atoms with E-state index in [0.29, 0.717) is 0 Å². The molecule has 0 saturated carbocycles. The van der Waals surface area contributed by atoms with E-state index in [9.17, 15) is 0 Å². The van der Waals surface area contributed by atoms with Gasteiger partial charge in [0, 0.05) is 25.1 Å². The van der Waals surface area contributed by atoms with Crippen LogP contribution >= 0.6 is 0 Å². The topological polar surface area (TPSA) is 51.4 Å². The number of hydrogen-bond acceptors (Lipinski definition) is 5. The second-order valence-corrected chi connectivity index (χ2v) is 5.64. The van der Waals surface area contributed by atoms with E-state index in [0.717, 1.165) is 60.4 Å². The number of ether oxygens (including phenoxy) is 1. The number of piperidine rings is 1. The maximum Gasteiger partial charge on any atom is 0.196 e. The highest BCUT2D eigenvalue weighted by atomic mass is 16.5. The first-order valence-corrected chi connectivity index (χ1v) is 7.85. The van der Waals surface area contributed by atoms with E-state index in [1.165, 1.54) is 0 Å². The number of rotatable bonds is 3. The van der Waals surface area contributed by atoms with Crippen molar-refractivity contribution in [3.8, 4) is 0 Å². The largest absolute Gasteiger partial charge is 0.450 e. The lowest BCUT2D eigenvalue weighted by molar-refractivity contribution is 0.0525. The van der Waals surface area contributed by atoms with E-state index in [2.05, 4.69) is 14.9 Å². The maximum atomic E-state index is 6.02. The third-order valence-corrected chi connectivity index (χ3v) is 4.22. The summed E-state index contributed by atoms with van der Waals surface area (Å²) in [6, 6.07) is 7.99. The summed E-state index contributed by atoms with van der Waals surface area (Å²) in [5.41, 5.74) is 2.53. The molecule has 0 amide bonds. The molecule has 1 atom stereocenters. The number of aromatic nitrogens is 2. The van der Waals surface area contributed by atoms with Crippen LogP contribution < -0.4 is 4.90 Å². The number of anilines is 1. The molecule has 0 aliphatic carbocycles. The van der Waals surface area contributed by atoms with Crippen LogP contribution in [0.5, 0.6) is 0 Å². The van der Waals surface area contributed by atoms with Crippen molar-refractivity contribution in [3.05, 3.63) is 30.6 Å². The van der Waals surface area contributed by atoms with Crippen LogP contribution in [0.2, 0.25) is 0 Å². The first kappa shape index (κ1) is 13.5. The second-order valence-electron chi connectivity index (χ2n) is 5.64. The van der Waals surface area contributed by atoms with Gasteiger partial charge < -0.3 is 14.1 Å². The molecule has 1 unspecified atom stereocenters. The van der Waals surface area contributed by atoms with Gasteiger partial charge in [0.1, 0.15) is 17.4 Å². The molecule has 5 heteroatoms. The van der Waals surface area contributed by atoms with Gasteiger partial charge in [-0.3, -0.25) is 0 Å². The molecule has 1 saturated heterocycles. The first-order chi connectivity index (χ1) is 10.9. The number of furan rings is 1. The Morgan fingerprint density at radius 2 is 2.23 bits per heavy atom. The highest BCUT2D eigenvalue weighted by Gasteiger charge is 2.24. The zero-order valence-electron chi connectivity index (χ0n) is 12.7. The first-order valence-electron chi connectivity index (χ1n) is 7.85. The quantitative estimate of drug-likeness (QED) is 0.741. The zero-order chi connectivity index (χ0) is 14.9. The molecule has 0 radical (unpaired) electrons. The highest BCUT2D eigenvalue weighted by Crippen LogP contribution is 2.33.